The van der Waals surface area contributed by atoms with Gasteiger partial charge in [-0.2, -0.15) is 9.97 Å². The van der Waals surface area contributed by atoms with Crippen LogP contribution in [0.2, 0.25) is 0 Å². The Hall–Kier alpha value is -1.69. The lowest BCUT2D eigenvalue weighted by molar-refractivity contribution is 0.209. The first-order valence-corrected chi connectivity index (χ1v) is 8.57. The molecule has 0 amide bonds. The molecule has 0 saturated carbocycles. The summed E-state index contributed by atoms with van der Waals surface area (Å²) < 4.78 is 13.1. The van der Waals surface area contributed by atoms with Gasteiger partial charge in [0.05, 0.1) is 18.9 Å². The highest BCUT2D eigenvalue weighted by Crippen LogP contribution is 2.28. The second kappa shape index (κ2) is 8.24. The maximum atomic E-state index is 6.12. The van der Waals surface area contributed by atoms with E-state index in [-0.39, 0.29) is 6.10 Å². The number of alkyl halides is 1. The van der Waals surface area contributed by atoms with E-state index in [2.05, 4.69) is 16.9 Å². The second-order valence-electron chi connectivity index (χ2n) is 5.56. The number of aryl methyl sites for hydroxylation is 1. The number of imidazole rings is 1. The molecule has 2 aromatic rings. The first kappa shape index (κ1) is 17.7. The normalized spacial score (nSPS) is 12.5. The molecule has 0 aromatic carbocycles. The van der Waals surface area contributed by atoms with Gasteiger partial charge in [-0.1, -0.05) is 13.3 Å². The zero-order valence-corrected chi connectivity index (χ0v) is 14.8. The zero-order chi connectivity index (χ0) is 16.8. The lowest BCUT2D eigenvalue weighted by Crippen LogP contribution is -2.11. The number of unbranched alkanes of at least 4 members (excludes halogenated alkanes) is 2. The molecule has 0 aliphatic rings. The van der Waals surface area contributed by atoms with Crippen LogP contribution >= 0.6 is 11.6 Å². The Labute approximate surface area is 141 Å². The van der Waals surface area contributed by atoms with Crippen LogP contribution in [0.5, 0.6) is 11.9 Å². The largest absolute Gasteiger partial charge is 0.475 e. The molecule has 2 heterocycles. The molecule has 6 nitrogen and oxygen atoms in total. The number of pyridine rings is 1. The Kier molecular flexibility index (Phi) is 6.33. The smallest absolute Gasteiger partial charge is 0.298 e. The van der Waals surface area contributed by atoms with Crippen LogP contribution < -0.4 is 15.2 Å². The minimum Gasteiger partial charge on any atom is -0.475 e. The van der Waals surface area contributed by atoms with Crippen LogP contribution in [0.3, 0.4) is 0 Å². The molecule has 2 N–H and O–H groups in total. The van der Waals surface area contributed by atoms with E-state index in [0.717, 1.165) is 32.2 Å². The highest BCUT2D eigenvalue weighted by molar-refractivity contribution is 6.17. The molecule has 1 atom stereocenters. The van der Waals surface area contributed by atoms with Gasteiger partial charge in [-0.05, 0) is 26.2 Å². The minimum absolute atomic E-state index is 0.0846. The van der Waals surface area contributed by atoms with Crippen molar-refractivity contribution in [1.82, 2.24) is 14.5 Å². The average molecular weight is 341 g/mol. The van der Waals surface area contributed by atoms with Crippen LogP contribution in [-0.2, 0) is 6.54 Å². The van der Waals surface area contributed by atoms with Crippen molar-refractivity contribution in [2.45, 2.75) is 52.2 Å². The third-order valence-electron chi connectivity index (χ3n) is 3.77. The van der Waals surface area contributed by atoms with E-state index < -0.39 is 0 Å². The fourth-order valence-electron chi connectivity index (χ4n) is 2.32. The van der Waals surface area contributed by atoms with Crippen molar-refractivity contribution in [2.24, 2.45) is 0 Å². The number of aromatic nitrogens is 3. The summed E-state index contributed by atoms with van der Waals surface area (Å²) in [4.78, 5) is 9.03. The summed E-state index contributed by atoms with van der Waals surface area (Å²) in [7, 11) is 1.60. The number of ether oxygens (including phenoxy) is 2. The Morgan fingerprint density at radius 2 is 2.09 bits per heavy atom. The maximum absolute atomic E-state index is 6.12. The van der Waals surface area contributed by atoms with Crippen LogP contribution in [0.1, 0.15) is 39.5 Å². The molecule has 0 saturated heterocycles. The van der Waals surface area contributed by atoms with Gasteiger partial charge in [0.15, 0.2) is 5.65 Å². The summed E-state index contributed by atoms with van der Waals surface area (Å²) in [5.41, 5.74) is 8.01. The van der Waals surface area contributed by atoms with Gasteiger partial charge in [-0.25, -0.2) is 0 Å². The number of nitrogens with two attached hydrogens (primary N) is 1. The number of methoxy groups -OCH3 is 1. The van der Waals surface area contributed by atoms with Gasteiger partial charge < -0.3 is 15.2 Å². The molecule has 0 radical (unpaired) electrons. The van der Waals surface area contributed by atoms with Gasteiger partial charge in [0, 0.05) is 18.5 Å². The van der Waals surface area contributed by atoms with E-state index in [9.17, 15) is 0 Å². The number of anilines is 1. The number of nitrogen functional groups attached to an aromatic ring is 1. The number of fused-ring (bicyclic) bond motifs is 1. The first-order valence-electron chi connectivity index (χ1n) is 8.04. The Bertz CT molecular complexity index is 645. The standard InChI is InChI=1S/C16H25ClN4O2/c1-4-11(2)23-13-10-12(18)14-15(19-13)21(16(20-14)22-3)9-7-5-6-8-17/h10-11H,4-9H2,1-3H3,(H2,18,19)/t11-/m0/s1. The molecule has 2 rings (SSSR count). The van der Waals surface area contributed by atoms with Crippen molar-refractivity contribution in [2.75, 3.05) is 18.7 Å². The van der Waals surface area contributed by atoms with Crippen molar-refractivity contribution >= 4 is 28.5 Å². The van der Waals surface area contributed by atoms with Crippen LogP contribution in [0.4, 0.5) is 5.69 Å². The van der Waals surface area contributed by atoms with Crippen molar-refractivity contribution in [3.63, 3.8) is 0 Å². The van der Waals surface area contributed by atoms with Crippen LogP contribution in [0.15, 0.2) is 6.07 Å². The van der Waals surface area contributed by atoms with E-state index in [4.69, 9.17) is 26.8 Å². The molecule has 0 fully saturated rings. The Morgan fingerprint density at radius 3 is 2.74 bits per heavy atom. The minimum atomic E-state index is 0.0846. The molecule has 0 aliphatic heterocycles. The zero-order valence-electron chi connectivity index (χ0n) is 14.0. The highest BCUT2D eigenvalue weighted by atomic mass is 35.5. The Morgan fingerprint density at radius 1 is 1.30 bits per heavy atom. The third-order valence-corrected chi connectivity index (χ3v) is 4.04. The summed E-state index contributed by atoms with van der Waals surface area (Å²) in [6.07, 6.45) is 4.01. The molecule has 23 heavy (non-hydrogen) atoms. The summed E-state index contributed by atoms with van der Waals surface area (Å²) in [6, 6.07) is 2.24. The molecule has 7 heteroatoms. The number of rotatable bonds is 9. The van der Waals surface area contributed by atoms with Gasteiger partial charge in [0.25, 0.3) is 6.01 Å². The van der Waals surface area contributed by atoms with Crippen LogP contribution in [-0.4, -0.2) is 33.6 Å². The number of hydrogen-bond donors (Lipinski definition) is 1. The molecular formula is C16H25ClN4O2. The number of halogens is 1. The van der Waals surface area contributed by atoms with E-state index in [1.807, 2.05) is 11.5 Å². The van der Waals surface area contributed by atoms with Crippen molar-refractivity contribution < 1.29 is 9.47 Å². The van der Waals surface area contributed by atoms with E-state index in [0.29, 0.717) is 34.6 Å². The fourth-order valence-corrected chi connectivity index (χ4v) is 2.51. The SMILES string of the molecule is CC[C@H](C)Oc1cc(N)c2nc(OC)n(CCCCCCl)c2n1. The van der Waals surface area contributed by atoms with Crippen molar-refractivity contribution in [3.05, 3.63) is 6.07 Å². The molecule has 2 aromatic heterocycles. The molecule has 0 aliphatic carbocycles. The number of nitrogens with zero attached hydrogens (tertiary/aromatic N) is 3. The van der Waals surface area contributed by atoms with Crippen molar-refractivity contribution in [3.8, 4) is 11.9 Å². The van der Waals surface area contributed by atoms with Crippen molar-refractivity contribution in [1.29, 1.82) is 0 Å². The first-order chi connectivity index (χ1) is 11.1. The van der Waals surface area contributed by atoms with E-state index in [1.165, 1.54) is 0 Å². The number of hydrogen-bond acceptors (Lipinski definition) is 5. The summed E-state index contributed by atoms with van der Waals surface area (Å²) in [6.45, 7) is 4.83. The quantitative estimate of drug-likeness (QED) is 0.557. The summed E-state index contributed by atoms with van der Waals surface area (Å²) in [5, 5.41) is 0. The second-order valence-corrected chi connectivity index (χ2v) is 5.94. The van der Waals surface area contributed by atoms with Gasteiger partial charge in [0.2, 0.25) is 5.88 Å². The fraction of sp³-hybridized carbons (Fsp3) is 0.625. The van der Waals surface area contributed by atoms with Gasteiger partial charge in [-0.3, -0.25) is 4.57 Å². The summed E-state index contributed by atoms with van der Waals surface area (Å²) >= 11 is 5.73. The lowest BCUT2D eigenvalue weighted by atomic mass is 10.2. The lowest BCUT2D eigenvalue weighted by Gasteiger charge is -2.12. The molecule has 0 unspecified atom stereocenters. The maximum Gasteiger partial charge on any atom is 0.298 e. The highest BCUT2D eigenvalue weighted by Gasteiger charge is 2.17. The monoisotopic (exact) mass is 340 g/mol. The third kappa shape index (κ3) is 4.19. The predicted octanol–water partition coefficient (Wildman–Crippen LogP) is 3.61. The van der Waals surface area contributed by atoms with Gasteiger partial charge in [-0.15, -0.1) is 11.6 Å². The van der Waals surface area contributed by atoms with Crippen LogP contribution in [0.25, 0.3) is 11.2 Å². The average Bonchev–Trinajstić information content (AvgIpc) is 2.90. The van der Waals surface area contributed by atoms with E-state index >= 15 is 0 Å². The Balaban J connectivity index is 2.34. The molecule has 0 spiro atoms. The van der Waals surface area contributed by atoms with Crippen LogP contribution in [0, 0.1) is 0 Å². The van der Waals surface area contributed by atoms with Gasteiger partial charge >= 0.3 is 0 Å². The predicted molar refractivity (Wildman–Crippen MR) is 93.4 cm³/mol. The van der Waals surface area contributed by atoms with Gasteiger partial charge in [0.1, 0.15) is 5.52 Å². The van der Waals surface area contributed by atoms with E-state index in [1.54, 1.807) is 13.2 Å². The molecular weight excluding hydrogens is 316 g/mol. The summed E-state index contributed by atoms with van der Waals surface area (Å²) in [5.74, 6) is 1.20. The molecule has 0 bridgehead atoms. The molecule has 128 valence electrons. The topological polar surface area (TPSA) is 75.2 Å².